The first-order chi connectivity index (χ1) is 19.2. The summed E-state index contributed by atoms with van der Waals surface area (Å²) in [5.41, 5.74) is 3.50. The fourth-order valence-electron chi connectivity index (χ4n) is 8.04. The van der Waals surface area contributed by atoms with Gasteiger partial charge in [-0.1, -0.05) is 45.0 Å². The first kappa shape index (κ1) is 27.3. The molecule has 3 aliphatic rings. The molecule has 0 unspecified atom stereocenters. The van der Waals surface area contributed by atoms with E-state index in [2.05, 4.69) is 63.8 Å². The van der Waals surface area contributed by atoms with Crippen LogP contribution in [0.5, 0.6) is 5.75 Å². The second kappa shape index (κ2) is 10.5. The molecule has 3 aliphatic heterocycles. The maximum absolute atomic E-state index is 13.1. The molecule has 1 aromatic heterocycles. The summed E-state index contributed by atoms with van der Waals surface area (Å²) in [6, 6.07) is 19.1. The molecule has 6 heteroatoms. The number of benzene rings is 2. The Hall–Kier alpha value is -2.86. The van der Waals surface area contributed by atoms with E-state index in [0.29, 0.717) is 18.1 Å². The van der Waals surface area contributed by atoms with Crippen LogP contribution in [0.15, 0.2) is 48.5 Å². The number of para-hydroxylation sites is 2. The number of aryl methyl sites for hydroxylation is 1. The minimum absolute atomic E-state index is 0.0661. The summed E-state index contributed by atoms with van der Waals surface area (Å²) in [4.78, 5) is 22.9. The number of amides is 1. The second-order valence-electron chi connectivity index (χ2n) is 13.6. The van der Waals surface area contributed by atoms with Gasteiger partial charge in [0.15, 0.2) is 0 Å². The molecule has 6 rings (SSSR count). The first-order valence-corrected chi connectivity index (χ1v) is 15.3. The van der Waals surface area contributed by atoms with Crippen molar-refractivity contribution in [3.05, 3.63) is 59.9 Å². The van der Waals surface area contributed by atoms with Crippen molar-refractivity contribution in [3.63, 3.8) is 0 Å². The molecule has 2 aromatic carbocycles. The summed E-state index contributed by atoms with van der Waals surface area (Å²) in [5.74, 6) is 2.34. The van der Waals surface area contributed by atoms with Crippen molar-refractivity contribution in [2.24, 2.45) is 5.41 Å². The molecule has 6 nitrogen and oxygen atoms in total. The minimum Gasteiger partial charge on any atom is -0.497 e. The summed E-state index contributed by atoms with van der Waals surface area (Å²) in [5, 5.41) is 0. The van der Waals surface area contributed by atoms with Gasteiger partial charge in [0.05, 0.1) is 18.1 Å². The molecule has 3 fully saturated rings. The van der Waals surface area contributed by atoms with E-state index in [1.807, 2.05) is 26.8 Å². The lowest BCUT2D eigenvalue weighted by Gasteiger charge is -2.46. The Bertz CT molecular complexity index is 1350. The number of piperidine rings is 2. The molecule has 2 bridgehead atoms. The molecular weight excluding hydrogens is 496 g/mol. The topological polar surface area (TPSA) is 50.6 Å². The minimum atomic E-state index is -0.335. The zero-order valence-electron chi connectivity index (χ0n) is 25.0. The molecule has 0 spiro atoms. The number of likely N-dealkylation sites (tertiary alicyclic amines) is 1. The van der Waals surface area contributed by atoms with Crippen molar-refractivity contribution in [3.8, 4) is 5.75 Å². The van der Waals surface area contributed by atoms with E-state index >= 15 is 0 Å². The molecule has 214 valence electrons. The van der Waals surface area contributed by atoms with Gasteiger partial charge in [0.2, 0.25) is 5.91 Å². The van der Waals surface area contributed by atoms with Gasteiger partial charge < -0.3 is 14.2 Å². The molecule has 0 radical (unpaired) electrons. The number of hydrogen-bond acceptors (Lipinski definition) is 4. The van der Waals surface area contributed by atoms with E-state index in [1.54, 1.807) is 7.11 Å². The zero-order valence-corrected chi connectivity index (χ0v) is 25.0. The van der Waals surface area contributed by atoms with Crippen LogP contribution in [0.3, 0.4) is 0 Å². The van der Waals surface area contributed by atoms with Gasteiger partial charge in [-0.2, -0.15) is 0 Å². The normalized spacial score (nSPS) is 24.9. The van der Waals surface area contributed by atoms with Gasteiger partial charge in [0.25, 0.3) is 0 Å². The highest BCUT2D eigenvalue weighted by Crippen LogP contribution is 2.45. The van der Waals surface area contributed by atoms with Gasteiger partial charge in [-0.3, -0.25) is 9.69 Å². The van der Waals surface area contributed by atoms with Gasteiger partial charge in [-0.25, -0.2) is 4.98 Å². The third-order valence-electron chi connectivity index (χ3n) is 10.2. The lowest BCUT2D eigenvalue weighted by atomic mass is 9.70. The highest BCUT2D eigenvalue weighted by Gasteiger charge is 2.44. The van der Waals surface area contributed by atoms with E-state index < -0.39 is 0 Å². The van der Waals surface area contributed by atoms with Crippen LogP contribution in [-0.2, 0) is 10.2 Å². The summed E-state index contributed by atoms with van der Waals surface area (Å²) >= 11 is 0. The number of hydrogen-bond donors (Lipinski definition) is 0. The van der Waals surface area contributed by atoms with Crippen molar-refractivity contribution in [1.29, 1.82) is 0 Å². The van der Waals surface area contributed by atoms with Gasteiger partial charge in [0.1, 0.15) is 11.6 Å². The smallest absolute Gasteiger partial charge is 0.227 e. The SMILES string of the molecule is COc1cccc(C2(CCN3[C@@H]4CC[C@H]3C[C@@H](n3c(C)nc5ccccc53)C4)CCN(C(=O)C(C)(C)C)CC2)c1. The number of ether oxygens (including phenoxy) is 1. The zero-order chi connectivity index (χ0) is 28.1. The third-order valence-corrected chi connectivity index (χ3v) is 10.2. The monoisotopic (exact) mass is 542 g/mol. The van der Waals surface area contributed by atoms with E-state index in [9.17, 15) is 4.79 Å². The van der Waals surface area contributed by atoms with Crippen LogP contribution < -0.4 is 4.74 Å². The molecule has 0 N–H and O–H groups in total. The summed E-state index contributed by atoms with van der Waals surface area (Å²) in [6.07, 6.45) is 8.15. The van der Waals surface area contributed by atoms with Crippen molar-refractivity contribution in [1.82, 2.24) is 19.4 Å². The molecule has 4 heterocycles. The molecule has 0 saturated carbocycles. The number of aromatic nitrogens is 2. The van der Waals surface area contributed by atoms with Gasteiger partial charge in [-0.15, -0.1) is 0 Å². The standard InChI is InChI=1S/C34H46N4O2/c1-24-35-30-11-6-7-12-31(30)38(24)28-22-26-13-14-27(23-28)37(26)20-17-34(25-9-8-10-29(21-25)40-5)15-18-36(19-16-34)32(39)33(2,3)4/h6-12,21,26-28H,13-20,22-23H2,1-5H3/t26-,27+,28+. The number of fused-ring (bicyclic) bond motifs is 3. The largest absolute Gasteiger partial charge is 0.497 e. The van der Waals surface area contributed by atoms with Crippen LogP contribution in [0.4, 0.5) is 0 Å². The van der Waals surface area contributed by atoms with Gasteiger partial charge >= 0.3 is 0 Å². The maximum Gasteiger partial charge on any atom is 0.227 e. The van der Waals surface area contributed by atoms with Crippen LogP contribution in [0.1, 0.15) is 83.1 Å². The maximum atomic E-state index is 13.1. The predicted molar refractivity (Wildman–Crippen MR) is 161 cm³/mol. The number of carbonyl (C=O) groups is 1. The lowest BCUT2D eigenvalue weighted by Crippen LogP contribution is -2.50. The Morgan fingerprint density at radius 2 is 1.70 bits per heavy atom. The van der Waals surface area contributed by atoms with E-state index in [4.69, 9.17) is 9.72 Å². The van der Waals surface area contributed by atoms with Crippen LogP contribution in [-0.4, -0.2) is 64.1 Å². The predicted octanol–water partition coefficient (Wildman–Crippen LogP) is 6.52. The van der Waals surface area contributed by atoms with Crippen molar-refractivity contribution in [2.75, 3.05) is 26.7 Å². The Morgan fingerprint density at radius 3 is 2.38 bits per heavy atom. The van der Waals surface area contributed by atoms with Crippen LogP contribution in [0, 0.1) is 12.3 Å². The molecule has 3 saturated heterocycles. The summed E-state index contributed by atoms with van der Waals surface area (Å²) in [6.45, 7) is 11.1. The Balaban J connectivity index is 1.20. The van der Waals surface area contributed by atoms with E-state index in [1.165, 1.54) is 36.8 Å². The highest BCUT2D eigenvalue weighted by molar-refractivity contribution is 5.81. The number of methoxy groups -OCH3 is 1. The Labute approximate surface area is 239 Å². The molecule has 3 aromatic rings. The second-order valence-corrected chi connectivity index (χ2v) is 13.6. The van der Waals surface area contributed by atoms with Crippen molar-refractivity contribution in [2.45, 2.75) is 96.2 Å². The lowest BCUT2D eigenvalue weighted by molar-refractivity contribution is -0.141. The molecular formula is C34H46N4O2. The Morgan fingerprint density at radius 1 is 1.00 bits per heavy atom. The molecule has 40 heavy (non-hydrogen) atoms. The van der Waals surface area contributed by atoms with Gasteiger partial charge in [-0.05, 0) is 88.2 Å². The van der Waals surface area contributed by atoms with Crippen LogP contribution >= 0.6 is 0 Å². The number of nitrogens with zero attached hydrogens (tertiary/aromatic N) is 4. The summed E-state index contributed by atoms with van der Waals surface area (Å²) < 4.78 is 8.16. The van der Waals surface area contributed by atoms with Crippen LogP contribution in [0.25, 0.3) is 11.0 Å². The number of rotatable bonds is 6. The average molecular weight is 543 g/mol. The van der Waals surface area contributed by atoms with Gasteiger partial charge in [0, 0.05) is 42.0 Å². The number of imidazole rings is 1. The first-order valence-electron chi connectivity index (χ1n) is 15.3. The third kappa shape index (κ3) is 4.93. The molecule has 0 aliphatic carbocycles. The van der Waals surface area contributed by atoms with E-state index in [-0.39, 0.29) is 16.7 Å². The average Bonchev–Trinajstić information content (AvgIpc) is 3.41. The fraction of sp³-hybridized carbons (Fsp3) is 0.588. The number of carbonyl (C=O) groups excluding carboxylic acids is 1. The quantitative estimate of drug-likeness (QED) is 0.356. The molecule has 3 atom stereocenters. The Kier molecular flexibility index (Phi) is 7.18. The van der Waals surface area contributed by atoms with Crippen molar-refractivity contribution >= 4 is 16.9 Å². The fourth-order valence-corrected chi connectivity index (χ4v) is 8.04. The summed E-state index contributed by atoms with van der Waals surface area (Å²) in [7, 11) is 1.75. The van der Waals surface area contributed by atoms with Crippen LogP contribution in [0.2, 0.25) is 0 Å². The highest BCUT2D eigenvalue weighted by atomic mass is 16.5. The van der Waals surface area contributed by atoms with Crippen molar-refractivity contribution < 1.29 is 9.53 Å². The molecule has 1 amide bonds. The van der Waals surface area contributed by atoms with E-state index in [0.717, 1.165) is 56.0 Å².